The highest BCUT2D eigenvalue weighted by Crippen LogP contribution is 2.13. The highest BCUT2D eigenvalue weighted by atomic mass is 32.1. The van der Waals surface area contributed by atoms with Crippen LogP contribution in [-0.4, -0.2) is 47.8 Å². The molecule has 1 heterocycles. The summed E-state index contributed by atoms with van der Waals surface area (Å²) in [5, 5.41) is 3.44. The van der Waals surface area contributed by atoms with Gasteiger partial charge in [0.05, 0.1) is 12.2 Å². The Kier molecular flexibility index (Phi) is 7.16. The van der Waals surface area contributed by atoms with Crippen molar-refractivity contribution in [2.75, 3.05) is 25.0 Å². The lowest BCUT2D eigenvalue weighted by Crippen LogP contribution is -2.48. The Bertz CT molecular complexity index is 593. The first-order chi connectivity index (χ1) is 11.8. The number of morpholine rings is 1. The third-order valence-corrected chi connectivity index (χ3v) is 4.15. The molecule has 0 bridgehead atoms. The lowest BCUT2D eigenvalue weighted by molar-refractivity contribution is -0.123. The van der Waals surface area contributed by atoms with Crippen molar-refractivity contribution in [1.82, 2.24) is 15.8 Å². The molecule has 2 rings (SSSR count). The predicted molar refractivity (Wildman–Crippen MR) is 104 cm³/mol. The van der Waals surface area contributed by atoms with Crippen LogP contribution >= 0.6 is 12.2 Å². The zero-order valence-corrected chi connectivity index (χ0v) is 16.2. The van der Waals surface area contributed by atoms with E-state index < -0.39 is 0 Å². The molecule has 25 heavy (non-hydrogen) atoms. The van der Waals surface area contributed by atoms with Crippen LogP contribution in [0.2, 0.25) is 0 Å². The van der Waals surface area contributed by atoms with Crippen molar-refractivity contribution in [2.45, 2.75) is 46.3 Å². The third kappa shape index (κ3) is 6.97. The smallest absolute Gasteiger partial charge is 0.239 e. The average molecular weight is 365 g/mol. The van der Waals surface area contributed by atoms with Crippen LogP contribution in [0.25, 0.3) is 0 Å². The van der Waals surface area contributed by atoms with Gasteiger partial charge >= 0.3 is 0 Å². The molecule has 0 radical (unpaired) electrons. The molecule has 1 aliphatic heterocycles. The summed E-state index contributed by atoms with van der Waals surface area (Å²) in [6, 6.07) is 6.10. The Balaban J connectivity index is 1.69. The SMILES string of the molecule is Cc1cc(C)cc(NC(=S)NNC(=O)CCN2C[C@@H](C)O[C@H](C)C2)c1. The van der Waals surface area contributed by atoms with Gasteiger partial charge in [0.1, 0.15) is 0 Å². The summed E-state index contributed by atoms with van der Waals surface area (Å²) in [5.74, 6) is -0.0867. The van der Waals surface area contributed by atoms with Gasteiger partial charge in [0.2, 0.25) is 5.91 Å². The second-order valence-corrected chi connectivity index (χ2v) is 7.18. The number of rotatable bonds is 4. The van der Waals surface area contributed by atoms with Crippen molar-refractivity contribution in [2.24, 2.45) is 0 Å². The van der Waals surface area contributed by atoms with Crippen LogP contribution in [0, 0.1) is 13.8 Å². The van der Waals surface area contributed by atoms with Crippen molar-refractivity contribution >= 4 is 28.9 Å². The molecule has 1 amide bonds. The number of hydrogen-bond donors (Lipinski definition) is 3. The van der Waals surface area contributed by atoms with Crippen molar-refractivity contribution in [3.05, 3.63) is 29.3 Å². The zero-order chi connectivity index (χ0) is 18.4. The highest BCUT2D eigenvalue weighted by Gasteiger charge is 2.22. The molecule has 2 atom stereocenters. The van der Waals surface area contributed by atoms with Crippen LogP contribution in [0.1, 0.15) is 31.4 Å². The molecule has 6 nitrogen and oxygen atoms in total. The molecule has 1 saturated heterocycles. The highest BCUT2D eigenvalue weighted by molar-refractivity contribution is 7.80. The molecule has 0 unspecified atom stereocenters. The number of hydrogen-bond acceptors (Lipinski definition) is 4. The van der Waals surface area contributed by atoms with Gasteiger partial charge in [-0.2, -0.15) is 0 Å². The van der Waals surface area contributed by atoms with E-state index in [1.54, 1.807) is 0 Å². The van der Waals surface area contributed by atoms with Gasteiger partial charge in [0, 0.05) is 31.7 Å². The molecule has 138 valence electrons. The molecule has 0 saturated carbocycles. The van der Waals surface area contributed by atoms with E-state index in [0.717, 1.165) is 29.9 Å². The minimum absolute atomic E-state index is 0.0867. The van der Waals surface area contributed by atoms with E-state index in [2.05, 4.69) is 41.0 Å². The van der Waals surface area contributed by atoms with Gasteiger partial charge < -0.3 is 10.1 Å². The van der Waals surface area contributed by atoms with E-state index in [9.17, 15) is 4.79 Å². The van der Waals surface area contributed by atoms with Gasteiger partial charge in [-0.3, -0.25) is 20.5 Å². The maximum absolute atomic E-state index is 12.0. The second kappa shape index (κ2) is 9.12. The van der Waals surface area contributed by atoms with Gasteiger partial charge in [0.25, 0.3) is 0 Å². The quantitative estimate of drug-likeness (QED) is 0.562. The average Bonchev–Trinajstić information content (AvgIpc) is 2.49. The Hall–Kier alpha value is -1.70. The number of thiocarbonyl (C=S) groups is 1. The molecule has 0 aromatic heterocycles. The monoisotopic (exact) mass is 364 g/mol. The maximum Gasteiger partial charge on any atom is 0.239 e. The number of carbonyl (C=O) groups excluding carboxylic acids is 1. The normalized spacial score (nSPS) is 20.8. The second-order valence-electron chi connectivity index (χ2n) is 6.77. The summed E-state index contributed by atoms with van der Waals surface area (Å²) in [6.45, 7) is 10.6. The van der Waals surface area contributed by atoms with Crippen LogP contribution in [-0.2, 0) is 9.53 Å². The molecule has 1 aliphatic rings. The fraction of sp³-hybridized carbons (Fsp3) is 0.556. The van der Waals surface area contributed by atoms with Gasteiger partial charge in [0.15, 0.2) is 5.11 Å². The van der Waals surface area contributed by atoms with Crippen LogP contribution in [0.4, 0.5) is 5.69 Å². The summed E-state index contributed by atoms with van der Waals surface area (Å²) in [7, 11) is 0. The topological polar surface area (TPSA) is 65.6 Å². The van der Waals surface area contributed by atoms with Crippen LogP contribution in [0.3, 0.4) is 0 Å². The lowest BCUT2D eigenvalue weighted by atomic mass is 10.1. The molecular formula is C18H28N4O2S. The molecular weight excluding hydrogens is 336 g/mol. The van der Waals surface area contributed by atoms with Crippen LogP contribution < -0.4 is 16.2 Å². The number of aryl methyl sites for hydroxylation is 2. The molecule has 0 spiro atoms. The summed E-state index contributed by atoms with van der Waals surface area (Å²) in [6.07, 6.45) is 0.831. The molecule has 1 fully saturated rings. The number of ether oxygens (including phenoxy) is 1. The fourth-order valence-electron chi connectivity index (χ4n) is 3.12. The zero-order valence-electron chi connectivity index (χ0n) is 15.4. The minimum atomic E-state index is -0.0867. The summed E-state index contributed by atoms with van der Waals surface area (Å²) in [5.41, 5.74) is 8.61. The van der Waals surface area contributed by atoms with Gasteiger partial charge in [-0.1, -0.05) is 6.07 Å². The van der Waals surface area contributed by atoms with Crippen LogP contribution in [0.15, 0.2) is 18.2 Å². The Morgan fingerprint density at radius 3 is 2.36 bits per heavy atom. The minimum Gasteiger partial charge on any atom is -0.373 e. The maximum atomic E-state index is 12.0. The van der Waals surface area contributed by atoms with E-state index in [1.807, 2.05) is 26.0 Å². The van der Waals surface area contributed by atoms with E-state index in [-0.39, 0.29) is 18.1 Å². The Morgan fingerprint density at radius 1 is 1.16 bits per heavy atom. The van der Waals surface area contributed by atoms with Crippen LogP contribution in [0.5, 0.6) is 0 Å². The van der Waals surface area contributed by atoms with E-state index in [0.29, 0.717) is 18.1 Å². The molecule has 7 heteroatoms. The van der Waals surface area contributed by atoms with E-state index >= 15 is 0 Å². The van der Waals surface area contributed by atoms with Crippen molar-refractivity contribution in [3.63, 3.8) is 0 Å². The first-order valence-corrected chi connectivity index (χ1v) is 9.04. The molecule has 0 aliphatic carbocycles. The molecule has 1 aromatic rings. The van der Waals surface area contributed by atoms with Gasteiger partial charge in [-0.25, -0.2) is 0 Å². The number of nitrogens with zero attached hydrogens (tertiary/aromatic N) is 1. The number of amides is 1. The van der Waals surface area contributed by atoms with Gasteiger partial charge in [-0.05, 0) is 63.2 Å². The first kappa shape index (κ1) is 19.6. The Labute approximate surface area is 155 Å². The standard InChI is InChI=1S/C18H28N4O2S/c1-12-7-13(2)9-16(8-12)19-18(25)21-20-17(23)5-6-22-10-14(3)24-15(4)11-22/h7-9,14-15H,5-6,10-11H2,1-4H3,(H,20,23)(H2,19,21,25)/t14-,15-/m1/s1. The first-order valence-electron chi connectivity index (χ1n) is 8.64. The number of anilines is 1. The van der Waals surface area contributed by atoms with Crippen molar-refractivity contribution in [1.29, 1.82) is 0 Å². The van der Waals surface area contributed by atoms with Crippen molar-refractivity contribution < 1.29 is 9.53 Å². The predicted octanol–water partition coefficient (Wildman–Crippen LogP) is 2.12. The van der Waals surface area contributed by atoms with E-state index in [1.165, 1.54) is 0 Å². The Morgan fingerprint density at radius 2 is 1.76 bits per heavy atom. The third-order valence-electron chi connectivity index (χ3n) is 3.95. The van der Waals surface area contributed by atoms with Gasteiger partial charge in [-0.15, -0.1) is 0 Å². The number of nitrogens with one attached hydrogen (secondary N) is 3. The lowest BCUT2D eigenvalue weighted by Gasteiger charge is -2.35. The van der Waals surface area contributed by atoms with E-state index in [4.69, 9.17) is 17.0 Å². The number of carbonyl (C=O) groups is 1. The summed E-state index contributed by atoms with van der Waals surface area (Å²) < 4.78 is 5.70. The summed E-state index contributed by atoms with van der Waals surface area (Å²) >= 11 is 5.22. The molecule has 3 N–H and O–H groups in total. The van der Waals surface area contributed by atoms with Crippen molar-refractivity contribution in [3.8, 4) is 0 Å². The fourth-order valence-corrected chi connectivity index (χ4v) is 3.29. The summed E-state index contributed by atoms with van der Waals surface area (Å²) in [4.78, 5) is 14.2. The number of hydrazine groups is 1. The number of benzene rings is 1. The molecule has 1 aromatic carbocycles. The largest absolute Gasteiger partial charge is 0.373 e.